The molecule has 1 aromatic carbocycles. The van der Waals surface area contributed by atoms with E-state index in [9.17, 15) is 13.2 Å². The van der Waals surface area contributed by atoms with Crippen LogP contribution < -0.4 is 4.90 Å². The van der Waals surface area contributed by atoms with Gasteiger partial charge >= 0.3 is 6.18 Å². The Kier molecular flexibility index (Phi) is 4.21. The second-order valence-corrected chi connectivity index (χ2v) is 6.90. The van der Waals surface area contributed by atoms with Crippen molar-refractivity contribution in [2.75, 3.05) is 11.9 Å². The Morgan fingerprint density at radius 3 is 2.58 bits per heavy atom. The molecule has 0 bridgehead atoms. The number of hydrogen-bond acceptors (Lipinski definition) is 4. The Morgan fingerprint density at radius 2 is 1.88 bits per heavy atom. The van der Waals surface area contributed by atoms with Crippen LogP contribution in [0.4, 0.5) is 19.0 Å². The highest BCUT2D eigenvalue weighted by atomic mass is 32.1. The first kappa shape index (κ1) is 16.7. The number of alkyl halides is 3. The number of aryl methyl sites for hydroxylation is 1. The number of aromatic nitrogens is 2. The SMILES string of the molecule is Cc1cc2ncnc(N(C)C(C)c3ccccc3C(F)(F)F)c2s1. The fraction of sp³-hybridized carbons (Fsp3) is 0.294. The number of fused-ring (bicyclic) bond motifs is 1. The van der Waals surface area contributed by atoms with E-state index in [-0.39, 0.29) is 5.56 Å². The molecule has 24 heavy (non-hydrogen) atoms. The molecule has 0 amide bonds. The van der Waals surface area contributed by atoms with Crippen molar-refractivity contribution < 1.29 is 13.2 Å². The molecule has 0 spiro atoms. The van der Waals surface area contributed by atoms with Gasteiger partial charge in [-0.05, 0) is 31.5 Å². The van der Waals surface area contributed by atoms with Crippen LogP contribution in [-0.4, -0.2) is 17.0 Å². The molecule has 0 saturated heterocycles. The molecule has 7 heteroatoms. The average molecular weight is 351 g/mol. The first-order chi connectivity index (χ1) is 11.3. The smallest absolute Gasteiger partial charge is 0.352 e. The van der Waals surface area contributed by atoms with Gasteiger partial charge in [-0.3, -0.25) is 0 Å². The van der Waals surface area contributed by atoms with Crippen molar-refractivity contribution in [3.05, 3.63) is 52.7 Å². The third-order valence-electron chi connectivity index (χ3n) is 4.05. The highest BCUT2D eigenvalue weighted by Crippen LogP contribution is 2.38. The number of halogens is 3. The Labute approximate surface area is 141 Å². The van der Waals surface area contributed by atoms with E-state index in [1.807, 2.05) is 13.0 Å². The van der Waals surface area contributed by atoms with Crippen LogP contribution in [0.1, 0.15) is 29.0 Å². The van der Waals surface area contributed by atoms with Gasteiger partial charge in [-0.25, -0.2) is 9.97 Å². The van der Waals surface area contributed by atoms with Crippen molar-refractivity contribution in [1.29, 1.82) is 0 Å². The van der Waals surface area contributed by atoms with Crippen LogP contribution in [0, 0.1) is 6.92 Å². The summed E-state index contributed by atoms with van der Waals surface area (Å²) in [4.78, 5) is 11.4. The van der Waals surface area contributed by atoms with E-state index < -0.39 is 17.8 Å². The normalized spacial score (nSPS) is 13.2. The maximum Gasteiger partial charge on any atom is 0.416 e. The van der Waals surface area contributed by atoms with E-state index in [0.717, 1.165) is 21.2 Å². The van der Waals surface area contributed by atoms with Crippen molar-refractivity contribution in [2.45, 2.75) is 26.1 Å². The van der Waals surface area contributed by atoms with Crippen LogP contribution in [0.15, 0.2) is 36.7 Å². The Balaban J connectivity index is 2.06. The van der Waals surface area contributed by atoms with E-state index in [2.05, 4.69) is 9.97 Å². The summed E-state index contributed by atoms with van der Waals surface area (Å²) in [6.07, 6.45) is -2.94. The monoisotopic (exact) mass is 351 g/mol. The van der Waals surface area contributed by atoms with E-state index in [1.165, 1.54) is 18.5 Å². The summed E-state index contributed by atoms with van der Waals surface area (Å²) in [7, 11) is 1.76. The van der Waals surface area contributed by atoms with E-state index in [1.54, 1.807) is 36.3 Å². The lowest BCUT2D eigenvalue weighted by atomic mass is 10.00. The van der Waals surface area contributed by atoms with Crippen molar-refractivity contribution in [3.63, 3.8) is 0 Å². The number of nitrogens with zero attached hydrogens (tertiary/aromatic N) is 3. The first-order valence-electron chi connectivity index (χ1n) is 7.39. The predicted molar refractivity (Wildman–Crippen MR) is 90.4 cm³/mol. The summed E-state index contributed by atoms with van der Waals surface area (Å²) in [6, 6.07) is 7.13. The Morgan fingerprint density at radius 1 is 1.17 bits per heavy atom. The molecule has 0 saturated carbocycles. The summed E-state index contributed by atoms with van der Waals surface area (Å²) in [5.74, 6) is 0.641. The van der Waals surface area contributed by atoms with Crippen LogP contribution in [0.3, 0.4) is 0 Å². The van der Waals surface area contributed by atoms with Crippen molar-refractivity contribution in [3.8, 4) is 0 Å². The van der Waals surface area contributed by atoms with Crippen LogP contribution in [0.2, 0.25) is 0 Å². The molecule has 0 aliphatic rings. The summed E-state index contributed by atoms with van der Waals surface area (Å²) in [5, 5.41) is 0. The van der Waals surface area contributed by atoms with Gasteiger partial charge in [-0.15, -0.1) is 11.3 Å². The summed E-state index contributed by atoms with van der Waals surface area (Å²) >= 11 is 1.54. The first-order valence-corrected chi connectivity index (χ1v) is 8.21. The quantitative estimate of drug-likeness (QED) is 0.648. The number of rotatable bonds is 3. The minimum absolute atomic E-state index is 0.229. The van der Waals surface area contributed by atoms with Crippen molar-refractivity contribution in [2.24, 2.45) is 0 Å². The maximum absolute atomic E-state index is 13.3. The van der Waals surface area contributed by atoms with Gasteiger partial charge in [0.1, 0.15) is 12.1 Å². The molecule has 3 aromatic rings. The molecule has 0 aliphatic carbocycles. The van der Waals surface area contributed by atoms with Crippen molar-refractivity contribution in [1.82, 2.24) is 9.97 Å². The highest BCUT2D eigenvalue weighted by molar-refractivity contribution is 7.19. The van der Waals surface area contributed by atoms with Crippen molar-refractivity contribution >= 4 is 27.4 Å². The molecular weight excluding hydrogens is 335 g/mol. The van der Waals surface area contributed by atoms with E-state index in [4.69, 9.17) is 0 Å². The summed E-state index contributed by atoms with van der Waals surface area (Å²) < 4.78 is 40.7. The van der Waals surface area contributed by atoms with Crippen LogP contribution in [0.5, 0.6) is 0 Å². The average Bonchev–Trinajstić information content (AvgIpc) is 2.92. The molecule has 2 aromatic heterocycles. The molecule has 1 atom stereocenters. The zero-order chi connectivity index (χ0) is 17.5. The largest absolute Gasteiger partial charge is 0.416 e. The number of thiophene rings is 1. The lowest BCUT2D eigenvalue weighted by Gasteiger charge is -2.28. The third kappa shape index (κ3) is 2.96. The zero-order valence-electron chi connectivity index (χ0n) is 13.4. The van der Waals surface area contributed by atoms with Gasteiger partial charge in [0.2, 0.25) is 0 Å². The highest BCUT2D eigenvalue weighted by Gasteiger charge is 2.35. The van der Waals surface area contributed by atoms with Gasteiger partial charge in [-0.1, -0.05) is 18.2 Å². The molecule has 0 N–H and O–H groups in total. The van der Waals surface area contributed by atoms with Gasteiger partial charge in [0.05, 0.1) is 21.8 Å². The summed E-state index contributed by atoms with van der Waals surface area (Å²) in [5.41, 5.74) is 0.426. The van der Waals surface area contributed by atoms with E-state index in [0.29, 0.717) is 5.82 Å². The van der Waals surface area contributed by atoms with Crippen LogP contribution >= 0.6 is 11.3 Å². The second kappa shape index (κ2) is 6.05. The Hall–Kier alpha value is -2.15. The molecule has 3 rings (SSSR count). The molecule has 0 aliphatic heterocycles. The summed E-state index contributed by atoms with van der Waals surface area (Å²) in [6.45, 7) is 3.72. The molecule has 0 fully saturated rings. The molecule has 1 unspecified atom stereocenters. The van der Waals surface area contributed by atoms with Gasteiger partial charge in [-0.2, -0.15) is 13.2 Å². The number of benzene rings is 1. The topological polar surface area (TPSA) is 29.0 Å². The molecule has 3 nitrogen and oxygen atoms in total. The van der Waals surface area contributed by atoms with Crippen LogP contribution in [-0.2, 0) is 6.18 Å². The minimum atomic E-state index is -4.38. The molecular formula is C17H16F3N3S. The number of anilines is 1. The van der Waals surface area contributed by atoms with Crippen LogP contribution in [0.25, 0.3) is 10.2 Å². The predicted octanol–water partition coefficient (Wildman–Crippen LogP) is 5.22. The number of hydrogen-bond donors (Lipinski definition) is 0. The second-order valence-electron chi connectivity index (χ2n) is 5.64. The third-order valence-corrected chi connectivity index (χ3v) is 5.08. The lowest BCUT2D eigenvalue weighted by molar-refractivity contribution is -0.138. The molecule has 2 heterocycles. The molecule has 0 radical (unpaired) electrons. The minimum Gasteiger partial charge on any atom is -0.352 e. The van der Waals surface area contributed by atoms with E-state index >= 15 is 0 Å². The zero-order valence-corrected chi connectivity index (χ0v) is 14.2. The fourth-order valence-corrected chi connectivity index (χ4v) is 3.72. The van der Waals surface area contributed by atoms with Gasteiger partial charge < -0.3 is 4.90 Å². The van der Waals surface area contributed by atoms with Gasteiger partial charge in [0, 0.05) is 11.9 Å². The van der Waals surface area contributed by atoms with Gasteiger partial charge in [0.25, 0.3) is 0 Å². The fourth-order valence-electron chi connectivity index (χ4n) is 2.72. The lowest BCUT2D eigenvalue weighted by Crippen LogP contribution is -2.25. The standard InChI is InChI=1S/C17H16F3N3S/c1-10-8-14-15(24-10)16(22-9-21-14)23(3)11(2)12-6-4-5-7-13(12)17(18,19)20/h4-9,11H,1-3H3. The Bertz CT molecular complexity index is 873. The maximum atomic E-state index is 13.3. The van der Waals surface area contributed by atoms with Gasteiger partial charge in [0.15, 0.2) is 0 Å². The molecule has 126 valence electrons.